The molecule has 1 aliphatic carbocycles. The molecule has 1 aliphatic heterocycles. The molecule has 0 radical (unpaired) electrons. The predicted molar refractivity (Wildman–Crippen MR) is 131 cm³/mol. The number of aryl methyl sites for hydroxylation is 1. The number of methoxy groups -OCH3 is 1. The molecule has 3 aromatic heterocycles. The Morgan fingerprint density at radius 1 is 1.29 bits per heavy atom. The first-order chi connectivity index (χ1) is 16.8. The summed E-state index contributed by atoms with van der Waals surface area (Å²) in [4.78, 5) is 23.5. The van der Waals surface area contributed by atoms with Crippen LogP contribution < -0.4 is 15.5 Å². The van der Waals surface area contributed by atoms with Crippen molar-refractivity contribution >= 4 is 23.1 Å². The Morgan fingerprint density at radius 3 is 2.80 bits per heavy atom. The van der Waals surface area contributed by atoms with Gasteiger partial charge >= 0.3 is 0 Å². The van der Waals surface area contributed by atoms with Gasteiger partial charge in [0.2, 0.25) is 5.91 Å². The number of amides is 1. The number of fused-ring (bicyclic) bond motifs is 1. The van der Waals surface area contributed by atoms with E-state index in [0.29, 0.717) is 30.3 Å². The summed E-state index contributed by atoms with van der Waals surface area (Å²) in [5.41, 5.74) is 4.66. The molecule has 0 saturated heterocycles. The summed E-state index contributed by atoms with van der Waals surface area (Å²) >= 11 is 0. The first-order valence-corrected chi connectivity index (χ1v) is 11.8. The van der Waals surface area contributed by atoms with Crippen LogP contribution in [0.5, 0.6) is 0 Å². The molecule has 1 fully saturated rings. The predicted octanol–water partition coefficient (Wildman–Crippen LogP) is 3.45. The number of carbonyl (C=O) groups is 1. The largest absolute Gasteiger partial charge is 0.379 e. The first-order valence-electron chi connectivity index (χ1n) is 11.8. The van der Waals surface area contributed by atoms with Gasteiger partial charge in [0.1, 0.15) is 17.7 Å². The maximum absolute atomic E-state index is 14.3. The number of hydrogen-bond acceptors (Lipinski definition) is 7. The van der Waals surface area contributed by atoms with Gasteiger partial charge in [-0.05, 0) is 38.3 Å². The second-order valence-electron chi connectivity index (χ2n) is 9.36. The quantitative estimate of drug-likeness (QED) is 0.511. The van der Waals surface area contributed by atoms with E-state index >= 15 is 0 Å². The summed E-state index contributed by atoms with van der Waals surface area (Å²) < 4.78 is 21.5. The molecule has 2 atom stereocenters. The van der Waals surface area contributed by atoms with Crippen molar-refractivity contribution in [2.45, 2.75) is 57.8 Å². The van der Waals surface area contributed by atoms with Gasteiger partial charge in [-0.3, -0.25) is 14.5 Å². The molecule has 3 aromatic rings. The number of pyridine rings is 2. The van der Waals surface area contributed by atoms with Gasteiger partial charge in [-0.25, -0.2) is 9.37 Å². The number of likely N-dealkylation sites (N-methyl/N-ethyl adjacent to an activating group) is 1. The lowest BCUT2D eigenvalue weighted by Gasteiger charge is -2.38. The maximum Gasteiger partial charge on any atom is 0.249 e. The fraction of sp³-hybridized carbons (Fsp3) is 0.440. The maximum atomic E-state index is 14.3. The van der Waals surface area contributed by atoms with Crippen molar-refractivity contribution in [2.75, 3.05) is 29.7 Å². The SMILES string of the molecule is CO[C@H](C)[C@H]1C(=O)Nc2c(cc(NCc3cnn(Cc4cnc(C5CC5)c(F)c4)c3)nc2C)N1C. The van der Waals surface area contributed by atoms with Gasteiger partial charge in [0.05, 0.1) is 41.6 Å². The van der Waals surface area contributed by atoms with Gasteiger partial charge < -0.3 is 20.3 Å². The van der Waals surface area contributed by atoms with Crippen molar-refractivity contribution in [1.82, 2.24) is 19.7 Å². The Balaban J connectivity index is 1.26. The van der Waals surface area contributed by atoms with E-state index in [-0.39, 0.29) is 23.7 Å². The smallest absolute Gasteiger partial charge is 0.249 e. The number of nitrogens with zero attached hydrogens (tertiary/aromatic N) is 5. The summed E-state index contributed by atoms with van der Waals surface area (Å²) in [5, 5.41) is 10.7. The van der Waals surface area contributed by atoms with Crippen molar-refractivity contribution in [3.63, 3.8) is 0 Å². The van der Waals surface area contributed by atoms with E-state index < -0.39 is 6.04 Å². The number of rotatable bonds is 8. The second-order valence-corrected chi connectivity index (χ2v) is 9.36. The minimum Gasteiger partial charge on any atom is -0.379 e. The summed E-state index contributed by atoms with van der Waals surface area (Å²) in [7, 11) is 3.49. The highest BCUT2D eigenvalue weighted by Gasteiger charge is 2.36. The van der Waals surface area contributed by atoms with E-state index in [2.05, 4.69) is 25.7 Å². The fourth-order valence-electron chi connectivity index (χ4n) is 4.55. The lowest BCUT2D eigenvalue weighted by Crippen LogP contribution is -2.52. The zero-order chi connectivity index (χ0) is 24.7. The number of carbonyl (C=O) groups excluding carboxylic acids is 1. The molecule has 0 bridgehead atoms. The lowest BCUT2D eigenvalue weighted by atomic mass is 10.0. The highest BCUT2D eigenvalue weighted by Crippen LogP contribution is 2.40. The Labute approximate surface area is 203 Å². The number of ether oxygens (including phenoxy) is 1. The molecule has 10 heteroatoms. The Hall–Kier alpha value is -3.53. The van der Waals surface area contributed by atoms with E-state index in [1.165, 1.54) is 0 Å². The van der Waals surface area contributed by atoms with Crippen LogP contribution in [0.2, 0.25) is 0 Å². The summed E-state index contributed by atoms with van der Waals surface area (Å²) in [5.74, 6) is 0.654. The summed E-state index contributed by atoms with van der Waals surface area (Å²) in [6.45, 7) is 4.72. The van der Waals surface area contributed by atoms with Crippen molar-refractivity contribution < 1.29 is 13.9 Å². The van der Waals surface area contributed by atoms with Crippen molar-refractivity contribution in [2.24, 2.45) is 0 Å². The topological polar surface area (TPSA) is 97.2 Å². The van der Waals surface area contributed by atoms with E-state index in [4.69, 9.17) is 4.74 Å². The number of nitrogens with one attached hydrogen (secondary N) is 2. The molecule has 0 spiro atoms. The zero-order valence-corrected chi connectivity index (χ0v) is 20.4. The Bertz CT molecular complexity index is 1260. The molecule has 5 rings (SSSR count). The highest BCUT2D eigenvalue weighted by molar-refractivity contribution is 6.04. The van der Waals surface area contributed by atoms with Gasteiger partial charge in [0.15, 0.2) is 0 Å². The van der Waals surface area contributed by atoms with Gasteiger partial charge in [0.25, 0.3) is 0 Å². The molecule has 2 aliphatic rings. The van der Waals surface area contributed by atoms with E-state index in [1.807, 2.05) is 38.1 Å². The van der Waals surface area contributed by atoms with Crippen LogP contribution >= 0.6 is 0 Å². The van der Waals surface area contributed by atoms with E-state index in [0.717, 1.165) is 35.3 Å². The first kappa shape index (κ1) is 23.2. The van der Waals surface area contributed by atoms with E-state index in [1.54, 1.807) is 30.3 Å². The molecule has 4 heterocycles. The van der Waals surface area contributed by atoms with Crippen LogP contribution in [0.3, 0.4) is 0 Å². The average Bonchev–Trinajstić information content (AvgIpc) is 3.57. The van der Waals surface area contributed by atoms with Crippen LogP contribution in [0, 0.1) is 12.7 Å². The van der Waals surface area contributed by atoms with Crippen LogP contribution in [0.15, 0.2) is 30.7 Å². The monoisotopic (exact) mass is 479 g/mol. The average molecular weight is 480 g/mol. The molecule has 9 nitrogen and oxygen atoms in total. The molecule has 35 heavy (non-hydrogen) atoms. The molecular weight excluding hydrogens is 449 g/mol. The Kier molecular flexibility index (Phi) is 6.14. The second kappa shape index (κ2) is 9.26. The highest BCUT2D eigenvalue weighted by atomic mass is 19.1. The third-order valence-electron chi connectivity index (χ3n) is 6.71. The molecule has 184 valence electrons. The van der Waals surface area contributed by atoms with Crippen LogP contribution in [0.4, 0.5) is 21.6 Å². The van der Waals surface area contributed by atoms with E-state index in [9.17, 15) is 9.18 Å². The van der Waals surface area contributed by atoms with Crippen LogP contribution in [0.25, 0.3) is 0 Å². The van der Waals surface area contributed by atoms with Gasteiger partial charge in [0, 0.05) is 50.6 Å². The van der Waals surface area contributed by atoms with Crippen molar-refractivity contribution in [1.29, 1.82) is 0 Å². The standard InChI is InChI=1S/C25H30FN7O2/c1-14-22-20(32(3)24(15(2)35-4)25(34)31-22)8-21(30-14)27-10-17-11-29-33(13-17)12-16-7-19(26)23(28-9-16)18-5-6-18/h7-9,11,13,15,18,24H,5-6,10,12H2,1-4H3,(H,27,30)(H,31,34)/t15-,24+/m1/s1. The van der Waals surface area contributed by atoms with Crippen LogP contribution in [-0.4, -0.2) is 52.0 Å². The molecule has 0 aromatic carbocycles. The summed E-state index contributed by atoms with van der Waals surface area (Å²) in [6.07, 6.45) is 7.22. The van der Waals surface area contributed by atoms with Gasteiger partial charge in [-0.15, -0.1) is 0 Å². The summed E-state index contributed by atoms with van der Waals surface area (Å²) in [6, 6.07) is 3.06. The van der Waals surface area contributed by atoms with Gasteiger partial charge in [-0.1, -0.05) is 0 Å². The lowest BCUT2D eigenvalue weighted by molar-refractivity contribution is -0.120. The molecule has 0 unspecified atom stereocenters. The third-order valence-corrected chi connectivity index (χ3v) is 6.71. The molecule has 2 N–H and O–H groups in total. The van der Waals surface area contributed by atoms with Crippen LogP contribution in [-0.2, 0) is 22.6 Å². The van der Waals surface area contributed by atoms with Gasteiger partial charge in [-0.2, -0.15) is 5.10 Å². The zero-order valence-electron chi connectivity index (χ0n) is 20.4. The number of halogens is 1. The normalized spacial score (nSPS) is 18.3. The van der Waals surface area contributed by atoms with Crippen molar-refractivity contribution in [3.8, 4) is 0 Å². The Morgan fingerprint density at radius 2 is 2.09 bits per heavy atom. The number of hydrogen-bond donors (Lipinski definition) is 2. The van der Waals surface area contributed by atoms with Crippen molar-refractivity contribution in [3.05, 3.63) is 59.1 Å². The van der Waals surface area contributed by atoms with Crippen LogP contribution in [0.1, 0.15) is 48.2 Å². The third kappa shape index (κ3) is 4.70. The number of anilines is 3. The molecule has 1 saturated carbocycles. The minimum absolute atomic E-state index is 0.107. The number of aromatic nitrogens is 4. The molecular formula is C25H30FN7O2. The minimum atomic E-state index is -0.432. The molecule has 1 amide bonds. The fourth-order valence-corrected chi connectivity index (χ4v) is 4.55.